The Labute approximate surface area is 237 Å². The summed E-state index contributed by atoms with van der Waals surface area (Å²) in [4.78, 5) is 44.5. The summed E-state index contributed by atoms with van der Waals surface area (Å²) < 4.78 is 2.16. The average molecular weight is 551 g/mol. The molecule has 0 saturated carbocycles. The Kier molecular flexibility index (Phi) is 7.17. The van der Waals surface area contributed by atoms with Gasteiger partial charge in [0.05, 0.1) is 4.91 Å². The Bertz CT molecular complexity index is 1600. The molecule has 202 valence electrons. The molecule has 2 aliphatic rings. The van der Waals surface area contributed by atoms with E-state index in [1.165, 1.54) is 11.1 Å². The van der Waals surface area contributed by atoms with Crippen LogP contribution in [-0.4, -0.2) is 64.1 Å². The van der Waals surface area contributed by atoms with Gasteiger partial charge in [-0.15, -0.1) is 0 Å². The Hall–Kier alpha value is -4.30. The third kappa shape index (κ3) is 5.27. The summed E-state index contributed by atoms with van der Waals surface area (Å²) in [6.07, 6.45) is 3.80. The smallest absolute Gasteiger partial charge is 0.294 e. The lowest BCUT2D eigenvalue weighted by molar-refractivity contribution is -0.136. The van der Waals surface area contributed by atoms with Crippen LogP contribution >= 0.6 is 11.8 Å². The van der Waals surface area contributed by atoms with Crippen molar-refractivity contribution in [2.75, 3.05) is 37.6 Å². The second kappa shape index (κ2) is 11.1. The van der Waals surface area contributed by atoms with Gasteiger partial charge in [0.1, 0.15) is 6.54 Å². The Morgan fingerprint density at radius 1 is 0.875 bits per heavy atom. The minimum Gasteiger partial charge on any atom is -0.368 e. The van der Waals surface area contributed by atoms with Crippen LogP contribution in [0, 0.1) is 6.92 Å². The number of aryl methyl sites for hydroxylation is 1. The number of aromatic nitrogens is 1. The van der Waals surface area contributed by atoms with E-state index in [1.807, 2.05) is 42.6 Å². The minimum atomic E-state index is -0.415. The molecule has 4 aromatic rings. The molecule has 3 amide bonds. The van der Waals surface area contributed by atoms with Crippen LogP contribution in [0.5, 0.6) is 0 Å². The summed E-state index contributed by atoms with van der Waals surface area (Å²) in [5, 5.41) is 0.602. The van der Waals surface area contributed by atoms with Crippen molar-refractivity contribution in [3.8, 4) is 0 Å². The maximum Gasteiger partial charge on any atom is 0.294 e. The number of carbonyl (C=O) groups is 3. The number of benzene rings is 3. The monoisotopic (exact) mass is 550 g/mol. The van der Waals surface area contributed by atoms with Crippen molar-refractivity contribution in [3.63, 3.8) is 0 Å². The first-order valence-corrected chi connectivity index (χ1v) is 14.2. The molecule has 3 aromatic carbocycles. The lowest BCUT2D eigenvalue weighted by Gasteiger charge is -2.36. The van der Waals surface area contributed by atoms with E-state index < -0.39 is 11.1 Å². The molecule has 6 rings (SSSR count). The number of para-hydroxylation sites is 2. The second-order valence-corrected chi connectivity index (χ2v) is 11.2. The number of fused-ring (bicyclic) bond motifs is 1. The van der Waals surface area contributed by atoms with E-state index in [1.54, 1.807) is 11.0 Å². The molecular weight excluding hydrogens is 520 g/mol. The predicted molar refractivity (Wildman–Crippen MR) is 160 cm³/mol. The highest BCUT2D eigenvalue weighted by Crippen LogP contribution is 2.34. The average Bonchev–Trinajstić information content (AvgIpc) is 3.46. The Balaban J connectivity index is 1.15. The highest BCUT2D eigenvalue weighted by atomic mass is 32.2. The Morgan fingerprint density at radius 3 is 2.33 bits per heavy atom. The number of carbonyl (C=O) groups excluding carboxylic acids is 3. The zero-order chi connectivity index (χ0) is 27.6. The lowest BCUT2D eigenvalue weighted by atomic mass is 10.1. The Morgan fingerprint density at radius 2 is 1.57 bits per heavy atom. The van der Waals surface area contributed by atoms with Gasteiger partial charge in [-0.25, -0.2) is 0 Å². The zero-order valence-electron chi connectivity index (χ0n) is 22.3. The van der Waals surface area contributed by atoms with Crippen molar-refractivity contribution in [3.05, 3.63) is 107 Å². The molecule has 3 heterocycles. The molecule has 2 saturated heterocycles. The van der Waals surface area contributed by atoms with E-state index >= 15 is 0 Å². The van der Waals surface area contributed by atoms with E-state index in [0.717, 1.165) is 38.8 Å². The predicted octanol–water partition coefficient (Wildman–Crippen LogP) is 5.38. The number of anilines is 1. The summed E-state index contributed by atoms with van der Waals surface area (Å²) >= 11 is 0.897. The second-order valence-electron chi connectivity index (χ2n) is 10.2. The van der Waals surface area contributed by atoms with E-state index in [-0.39, 0.29) is 12.5 Å². The van der Waals surface area contributed by atoms with Gasteiger partial charge < -0.3 is 14.4 Å². The van der Waals surface area contributed by atoms with Crippen molar-refractivity contribution in [1.82, 2.24) is 14.4 Å². The zero-order valence-corrected chi connectivity index (χ0v) is 23.1. The first kappa shape index (κ1) is 26.0. The number of amides is 3. The van der Waals surface area contributed by atoms with E-state index in [9.17, 15) is 14.4 Å². The number of rotatable bonds is 6. The molecule has 0 radical (unpaired) electrons. The van der Waals surface area contributed by atoms with Crippen LogP contribution in [0.1, 0.15) is 16.7 Å². The normalized spacial score (nSPS) is 16.9. The van der Waals surface area contributed by atoms with Gasteiger partial charge in [-0.05, 0) is 48.5 Å². The number of imide groups is 1. The molecule has 8 heteroatoms. The van der Waals surface area contributed by atoms with Gasteiger partial charge in [-0.1, -0.05) is 66.2 Å². The van der Waals surface area contributed by atoms with Crippen LogP contribution in [0.3, 0.4) is 0 Å². The number of piperazine rings is 1. The maximum atomic E-state index is 13.3. The van der Waals surface area contributed by atoms with Gasteiger partial charge in [-0.2, -0.15) is 0 Å². The maximum absolute atomic E-state index is 13.3. The van der Waals surface area contributed by atoms with Gasteiger partial charge in [-0.3, -0.25) is 19.3 Å². The van der Waals surface area contributed by atoms with E-state index in [4.69, 9.17) is 0 Å². The quantitative estimate of drug-likeness (QED) is 0.302. The van der Waals surface area contributed by atoms with E-state index in [2.05, 4.69) is 58.9 Å². The largest absolute Gasteiger partial charge is 0.368 e. The number of nitrogens with zero attached hydrogens (tertiary/aromatic N) is 4. The van der Waals surface area contributed by atoms with Crippen molar-refractivity contribution in [2.24, 2.45) is 0 Å². The summed E-state index contributed by atoms with van der Waals surface area (Å²) in [7, 11) is 0. The van der Waals surface area contributed by atoms with Gasteiger partial charge >= 0.3 is 0 Å². The summed E-state index contributed by atoms with van der Waals surface area (Å²) in [6.45, 7) is 5.07. The van der Waals surface area contributed by atoms with Gasteiger partial charge in [0.2, 0.25) is 5.91 Å². The number of hydrogen-bond donors (Lipinski definition) is 0. The van der Waals surface area contributed by atoms with Crippen LogP contribution in [0.2, 0.25) is 0 Å². The van der Waals surface area contributed by atoms with Crippen molar-refractivity contribution >= 4 is 51.5 Å². The fraction of sp³-hybridized carbons (Fsp3) is 0.219. The fourth-order valence-electron chi connectivity index (χ4n) is 5.28. The molecule has 0 atom stereocenters. The van der Waals surface area contributed by atoms with Crippen molar-refractivity contribution in [1.29, 1.82) is 0 Å². The first-order valence-electron chi connectivity index (χ1n) is 13.4. The van der Waals surface area contributed by atoms with Crippen LogP contribution in [0.25, 0.3) is 17.0 Å². The van der Waals surface area contributed by atoms with Crippen LogP contribution in [0.15, 0.2) is 90.0 Å². The summed E-state index contributed by atoms with van der Waals surface area (Å²) in [6, 6.07) is 26.6. The molecule has 0 bridgehead atoms. The molecule has 0 N–H and O–H groups in total. The molecule has 0 aliphatic carbocycles. The van der Waals surface area contributed by atoms with Crippen molar-refractivity contribution < 1.29 is 14.4 Å². The highest BCUT2D eigenvalue weighted by molar-refractivity contribution is 8.18. The highest BCUT2D eigenvalue weighted by Gasteiger charge is 2.37. The molecule has 7 nitrogen and oxygen atoms in total. The van der Waals surface area contributed by atoms with Crippen LogP contribution in [0.4, 0.5) is 10.5 Å². The standard InChI is InChI=1S/C32H30N4O3S/c1-23-11-13-24(14-12-23)20-35-21-25(27-9-5-6-10-28(27)35)19-29-31(38)36(32(39)40-29)22-30(37)34-17-15-33(16-18-34)26-7-3-2-4-8-26/h2-14,19,21H,15-18,20,22H2,1H3/b29-19+. The van der Waals surface area contributed by atoms with E-state index in [0.29, 0.717) is 37.6 Å². The number of hydrogen-bond acceptors (Lipinski definition) is 5. The summed E-state index contributed by atoms with van der Waals surface area (Å²) in [5.41, 5.74) is 5.45. The molecule has 1 aromatic heterocycles. The topological polar surface area (TPSA) is 65.9 Å². The van der Waals surface area contributed by atoms with Gasteiger partial charge in [0.25, 0.3) is 11.1 Å². The van der Waals surface area contributed by atoms with Crippen molar-refractivity contribution in [2.45, 2.75) is 13.5 Å². The minimum absolute atomic E-state index is 0.203. The third-order valence-electron chi connectivity index (χ3n) is 7.50. The molecular formula is C32H30N4O3S. The fourth-order valence-corrected chi connectivity index (χ4v) is 6.11. The molecule has 2 fully saturated rings. The first-order chi connectivity index (χ1) is 19.5. The SMILES string of the molecule is Cc1ccc(Cn2cc(/C=C3/SC(=O)N(CC(=O)N4CCN(c5ccccc5)CC4)C3=O)c3ccccc32)cc1. The van der Waals surface area contributed by atoms with Gasteiger partial charge in [0, 0.05) is 61.1 Å². The van der Waals surface area contributed by atoms with Gasteiger partial charge in [0.15, 0.2) is 0 Å². The molecule has 0 spiro atoms. The molecule has 40 heavy (non-hydrogen) atoms. The van der Waals surface area contributed by atoms with Crippen LogP contribution < -0.4 is 4.90 Å². The molecule has 0 unspecified atom stereocenters. The summed E-state index contributed by atoms with van der Waals surface area (Å²) in [5.74, 6) is -0.618. The third-order valence-corrected chi connectivity index (χ3v) is 8.41. The lowest BCUT2D eigenvalue weighted by Crippen LogP contribution is -2.51. The van der Waals surface area contributed by atoms with Crippen LogP contribution in [-0.2, 0) is 16.1 Å². The number of thioether (sulfide) groups is 1. The molecule has 2 aliphatic heterocycles.